The molecule has 5 heteroatoms. The van der Waals surface area contributed by atoms with Gasteiger partial charge in [0.2, 0.25) is 0 Å². The average Bonchev–Trinajstić information content (AvgIpc) is 2.15. The van der Waals surface area contributed by atoms with Gasteiger partial charge in [0.1, 0.15) is 0 Å². The molecule has 0 saturated carbocycles. The summed E-state index contributed by atoms with van der Waals surface area (Å²) in [5.74, 6) is 0.571. The Morgan fingerprint density at radius 1 is 1.50 bits per heavy atom. The van der Waals surface area contributed by atoms with Gasteiger partial charge in [-0.3, -0.25) is 0 Å². The summed E-state index contributed by atoms with van der Waals surface area (Å²) in [6.07, 6.45) is 2.37. The van der Waals surface area contributed by atoms with Crippen molar-refractivity contribution in [3.63, 3.8) is 0 Å². The second kappa shape index (κ2) is 5.47. The van der Waals surface area contributed by atoms with Gasteiger partial charge < -0.3 is 4.90 Å². The van der Waals surface area contributed by atoms with Gasteiger partial charge >= 0.3 is 0 Å². The molecule has 0 spiro atoms. The minimum absolute atomic E-state index is 0.262. The van der Waals surface area contributed by atoms with E-state index in [9.17, 15) is 8.42 Å². The van der Waals surface area contributed by atoms with Gasteiger partial charge in [-0.25, -0.2) is 8.42 Å². The van der Waals surface area contributed by atoms with Crippen molar-refractivity contribution in [3.05, 3.63) is 0 Å². The maximum atomic E-state index is 11.3. The molecule has 1 heterocycles. The van der Waals surface area contributed by atoms with E-state index in [1.165, 1.54) is 12.8 Å². The monoisotopic (exact) mass is 283 g/mol. The molecule has 0 amide bonds. The van der Waals surface area contributed by atoms with Crippen LogP contribution >= 0.6 is 15.9 Å². The maximum Gasteiger partial charge on any atom is 0.151 e. The number of sulfone groups is 1. The molecule has 1 fully saturated rings. The fraction of sp³-hybridized carbons (Fsp3) is 1.00. The van der Waals surface area contributed by atoms with Gasteiger partial charge in [-0.15, -0.1) is 0 Å². The van der Waals surface area contributed by atoms with Crippen LogP contribution in [0, 0.1) is 0 Å². The molecule has 0 aromatic rings. The van der Waals surface area contributed by atoms with Crippen molar-refractivity contribution in [2.24, 2.45) is 0 Å². The minimum Gasteiger partial charge on any atom is -0.301 e. The summed E-state index contributed by atoms with van der Waals surface area (Å²) in [4.78, 5) is 2.77. The Bertz CT molecular complexity index is 266. The highest BCUT2D eigenvalue weighted by Crippen LogP contribution is 2.16. The number of alkyl halides is 1. The zero-order chi connectivity index (χ0) is 10.6. The highest BCUT2D eigenvalue weighted by molar-refractivity contribution is 9.09. The molecule has 0 aliphatic carbocycles. The van der Waals surface area contributed by atoms with Gasteiger partial charge in [-0.05, 0) is 19.4 Å². The van der Waals surface area contributed by atoms with Crippen LogP contribution in [0.1, 0.15) is 19.8 Å². The van der Waals surface area contributed by atoms with Crippen LogP contribution < -0.4 is 0 Å². The van der Waals surface area contributed by atoms with E-state index in [2.05, 4.69) is 20.8 Å². The van der Waals surface area contributed by atoms with Gasteiger partial charge in [0.05, 0.1) is 5.75 Å². The number of hydrogen-bond acceptors (Lipinski definition) is 3. The van der Waals surface area contributed by atoms with Crippen molar-refractivity contribution in [2.45, 2.75) is 24.6 Å². The second-order valence-electron chi connectivity index (χ2n) is 3.78. The zero-order valence-corrected chi connectivity index (χ0v) is 11.0. The van der Waals surface area contributed by atoms with Gasteiger partial charge in [-0.1, -0.05) is 22.9 Å². The largest absolute Gasteiger partial charge is 0.301 e. The Morgan fingerprint density at radius 3 is 2.79 bits per heavy atom. The number of likely N-dealkylation sites (tertiary alicyclic amines) is 1. The molecule has 1 aliphatic rings. The van der Waals surface area contributed by atoms with Gasteiger partial charge in [0, 0.05) is 23.7 Å². The van der Waals surface area contributed by atoms with Crippen LogP contribution in [0.5, 0.6) is 0 Å². The van der Waals surface area contributed by atoms with Crippen LogP contribution in [0.4, 0.5) is 0 Å². The summed E-state index contributed by atoms with van der Waals surface area (Å²) in [5.41, 5.74) is 0. The molecule has 3 nitrogen and oxygen atoms in total. The van der Waals surface area contributed by atoms with Crippen molar-refractivity contribution in [1.29, 1.82) is 0 Å². The Labute approximate surface area is 94.9 Å². The predicted octanol–water partition coefficient (Wildman–Crippen LogP) is 1.28. The SMILES string of the molecule is CCS(=O)(=O)CCN1CCCC(Br)C1. The third kappa shape index (κ3) is 4.28. The summed E-state index contributed by atoms with van der Waals surface area (Å²) in [6.45, 7) is 4.43. The first-order valence-corrected chi connectivity index (χ1v) is 7.84. The highest BCUT2D eigenvalue weighted by Gasteiger charge is 2.18. The zero-order valence-electron chi connectivity index (χ0n) is 8.58. The topological polar surface area (TPSA) is 37.4 Å². The lowest BCUT2D eigenvalue weighted by molar-refractivity contribution is 0.248. The summed E-state index contributed by atoms with van der Waals surface area (Å²) < 4.78 is 22.6. The van der Waals surface area contributed by atoms with Crippen molar-refractivity contribution in [3.8, 4) is 0 Å². The van der Waals surface area contributed by atoms with Crippen molar-refractivity contribution in [1.82, 2.24) is 4.90 Å². The molecule has 14 heavy (non-hydrogen) atoms. The Balaban J connectivity index is 2.31. The van der Waals surface area contributed by atoms with E-state index >= 15 is 0 Å². The van der Waals surface area contributed by atoms with Crippen molar-refractivity contribution < 1.29 is 8.42 Å². The number of halogens is 1. The van der Waals surface area contributed by atoms with E-state index < -0.39 is 9.84 Å². The lowest BCUT2D eigenvalue weighted by Gasteiger charge is -2.29. The first-order chi connectivity index (χ1) is 6.53. The van der Waals surface area contributed by atoms with Gasteiger partial charge in [0.15, 0.2) is 9.84 Å². The molecule has 1 rings (SSSR count). The first-order valence-electron chi connectivity index (χ1n) is 5.10. The molecule has 1 aliphatic heterocycles. The lowest BCUT2D eigenvalue weighted by atomic mass is 10.1. The average molecular weight is 284 g/mol. The quantitative estimate of drug-likeness (QED) is 0.730. The summed E-state index contributed by atoms with van der Waals surface area (Å²) in [5, 5.41) is 0. The first kappa shape index (κ1) is 12.5. The van der Waals surface area contributed by atoms with E-state index in [1.54, 1.807) is 6.92 Å². The molecule has 84 valence electrons. The molecule has 0 aromatic carbocycles. The summed E-state index contributed by atoms with van der Waals surface area (Å²) >= 11 is 3.58. The molecule has 1 atom stereocenters. The smallest absolute Gasteiger partial charge is 0.151 e. The Hall–Kier alpha value is 0.390. The maximum absolute atomic E-state index is 11.3. The van der Waals surface area contributed by atoms with Crippen molar-refractivity contribution >= 4 is 25.8 Å². The van der Waals surface area contributed by atoms with Crippen LogP contribution in [-0.2, 0) is 9.84 Å². The van der Waals surface area contributed by atoms with E-state index in [-0.39, 0.29) is 5.75 Å². The fourth-order valence-electron chi connectivity index (χ4n) is 1.61. The molecule has 0 bridgehead atoms. The lowest BCUT2D eigenvalue weighted by Crippen LogP contribution is -2.38. The van der Waals surface area contributed by atoms with Gasteiger partial charge in [-0.2, -0.15) is 0 Å². The molecule has 0 radical (unpaired) electrons. The summed E-state index contributed by atoms with van der Waals surface area (Å²) in [6, 6.07) is 0. The molecule has 1 unspecified atom stereocenters. The third-order valence-corrected chi connectivity index (χ3v) is 5.04. The predicted molar refractivity (Wildman–Crippen MR) is 62.7 cm³/mol. The van der Waals surface area contributed by atoms with Crippen LogP contribution in [0.25, 0.3) is 0 Å². The van der Waals surface area contributed by atoms with Gasteiger partial charge in [0.25, 0.3) is 0 Å². The van der Waals surface area contributed by atoms with Crippen LogP contribution in [-0.4, -0.2) is 49.3 Å². The number of hydrogen-bond donors (Lipinski definition) is 0. The molecular weight excluding hydrogens is 266 g/mol. The van der Waals surface area contributed by atoms with E-state index in [0.717, 1.165) is 13.1 Å². The molecule has 1 saturated heterocycles. The Morgan fingerprint density at radius 2 is 2.21 bits per heavy atom. The standard InChI is InChI=1S/C9H18BrNO2S/c1-2-14(12,13)7-6-11-5-3-4-9(10)8-11/h9H,2-8H2,1H3. The normalized spacial score (nSPS) is 25.1. The number of piperidine rings is 1. The highest BCUT2D eigenvalue weighted by atomic mass is 79.9. The number of rotatable bonds is 4. The van der Waals surface area contributed by atoms with E-state index in [0.29, 0.717) is 17.1 Å². The van der Waals surface area contributed by atoms with Crippen LogP contribution in [0.2, 0.25) is 0 Å². The van der Waals surface area contributed by atoms with E-state index in [4.69, 9.17) is 0 Å². The van der Waals surface area contributed by atoms with Crippen molar-refractivity contribution in [2.75, 3.05) is 31.1 Å². The third-order valence-electron chi connectivity index (χ3n) is 2.61. The molecule has 0 N–H and O–H groups in total. The minimum atomic E-state index is -2.79. The second-order valence-corrected chi connectivity index (χ2v) is 7.54. The number of nitrogens with zero attached hydrogens (tertiary/aromatic N) is 1. The van der Waals surface area contributed by atoms with E-state index in [1.807, 2.05) is 0 Å². The fourth-order valence-corrected chi connectivity index (χ4v) is 3.17. The Kier molecular flexibility index (Phi) is 4.87. The molecular formula is C9H18BrNO2S. The summed E-state index contributed by atoms with van der Waals surface area (Å²) in [7, 11) is -2.79. The van der Waals surface area contributed by atoms with Crippen LogP contribution in [0.15, 0.2) is 0 Å². The molecule has 0 aromatic heterocycles. The van der Waals surface area contributed by atoms with Crippen LogP contribution in [0.3, 0.4) is 0 Å².